The molecule has 292 valence electrons. The lowest BCUT2D eigenvalue weighted by Crippen LogP contribution is -2.47. The van der Waals surface area contributed by atoms with Crippen molar-refractivity contribution in [2.75, 3.05) is 62.2 Å². The van der Waals surface area contributed by atoms with Crippen molar-refractivity contribution in [2.45, 2.75) is 38.3 Å². The molecule has 2 aliphatic rings. The molecule has 0 unspecified atom stereocenters. The predicted molar refractivity (Wildman–Crippen MR) is 198 cm³/mol. The highest BCUT2D eigenvalue weighted by Gasteiger charge is 2.33. The van der Waals surface area contributed by atoms with Crippen LogP contribution < -0.4 is 9.80 Å². The summed E-state index contributed by atoms with van der Waals surface area (Å²) in [5.74, 6) is 0.669. The van der Waals surface area contributed by atoms with Crippen LogP contribution >= 0.6 is 0 Å². The van der Waals surface area contributed by atoms with E-state index >= 15 is 0 Å². The number of piperazine rings is 2. The first kappa shape index (κ1) is 38.6. The smallest absolute Gasteiger partial charge is 0.338 e. The van der Waals surface area contributed by atoms with E-state index in [1.165, 1.54) is 0 Å². The molecule has 2 saturated heterocycles. The van der Waals surface area contributed by atoms with Crippen molar-refractivity contribution in [1.29, 1.82) is 0 Å². The van der Waals surface area contributed by atoms with Gasteiger partial charge in [0.2, 0.25) is 11.9 Å². The average molecular weight is 777 g/mol. The van der Waals surface area contributed by atoms with Gasteiger partial charge in [-0.25, -0.2) is 19.9 Å². The van der Waals surface area contributed by atoms with Gasteiger partial charge in [-0.1, -0.05) is 12.1 Å². The third-order valence-electron chi connectivity index (χ3n) is 10.2. The number of fused-ring (bicyclic) bond motifs is 2. The Bertz CT molecular complexity index is 2060. The lowest BCUT2D eigenvalue weighted by atomic mass is 10.1. The van der Waals surface area contributed by atoms with E-state index < -0.39 is 23.5 Å². The normalized spacial score (nSPS) is 17.1. The minimum atomic E-state index is -4.42. The number of halogens is 6. The highest BCUT2D eigenvalue weighted by atomic mass is 19.4. The Morgan fingerprint density at radius 2 is 0.768 bits per heavy atom. The van der Waals surface area contributed by atoms with Crippen LogP contribution in [-0.4, -0.2) is 102 Å². The summed E-state index contributed by atoms with van der Waals surface area (Å²) in [5.41, 5.74) is 4.11. The lowest BCUT2D eigenvalue weighted by molar-refractivity contribution is -0.138. The molecule has 0 bridgehead atoms. The summed E-state index contributed by atoms with van der Waals surface area (Å²) in [6.07, 6.45) is 1.23. The van der Waals surface area contributed by atoms with Crippen molar-refractivity contribution in [3.8, 4) is 0 Å². The van der Waals surface area contributed by atoms with E-state index in [2.05, 4.69) is 87.8 Å². The van der Waals surface area contributed by atoms with Crippen molar-refractivity contribution in [1.82, 2.24) is 49.7 Å². The second-order valence-electron chi connectivity index (χ2n) is 13.5. The van der Waals surface area contributed by atoms with Crippen LogP contribution in [-0.2, 0) is 12.4 Å². The third kappa shape index (κ3) is 8.91. The van der Waals surface area contributed by atoms with Gasteiger partial charge in [-0.15, -0.1) is 0 Å². The largest absolute Gasteiger partial charge is 0.419 e. The zero-order valence-corrected chi connectivity index (χ0v) is 30.5. The maximum Gasteiger partial charge on any atom is 0.419 e. The van der Waals surface area contributed by atoms with Gasteiger partial charge in [-0.05, 0) is 49.2 Å². The van der Waals surface area contributed by atoms with Crippen molar-refractivity contribution >= 4 is 34.0 Å². The molecule has 0 radical (unpaired) electrons. The van der Waals surface area contributed by atoms with Gasteiger partial charge in [0.05, 0.1) is 33.2 Å². The quantitative estimate of drug-likeness (QED) is 0.169. The van der Waals surface area contributed by atoms with E-state index in [1.54, 1.807) is 24.8 Å². The van der Waals surface area contributed by atoms with Crippen LogP contribution in [0.15, 0.2) is 86.0 Å². The highest BCUT2D eigenvalue weighted by molar-refractivity contribution is 5.75. The number of aromatic nitrogens is 8. The molecular weight excluding hydrogens is 738 g/mol. The first-order valence-corrected chi connectivity index (χ1v) is 18.0. The van der Waals surface area contributed by atoms with Crippen molar-refractivity contribution in [2.24, 2.45) is 0 Å². The van der Waals surface area contributed by atoms with Crippen LogP contribution in [0.25, 0.3) is 22.1 Å². The van der Waals surface area contributed by atoms with Gasteiger partial charge in [0.1, 0.15) is 0 Å². The molecule has 0 amide bonds. The minimum absolute atomic E-state index is 0.196. The van der Waals surface area contributed by atoms with E-state index in [0.29, 0.717) is 38.1 Å². The Hall–Kier alpha value is -5.62. The zero-order valence-electron chi connectivity index (χ0n) is 30.5. The summed E-state index contributed by atoms with van der Waals surface area (Å²) in [6, 6.07) is 12.6. The van der Waals surface area contributed by atoms with Crippen LogP contribution in [0, 0.1) is 0 Å². The number of nitrogens with zero attached hydrogens (tertiary/aromatic N) is 12. The van der Waals surface area contributed by atoms with Gasteiger partial charge in [0.25, 0.3) is 0 Å². The molecule has 18 heteroatoms. The SMILES string of the molecule is C[C@@H](c1ccc2nccnc2c1)N1CCN(c2ncc(C(F)(F)F)cn2)CC1.C[C@H](c1ccc2nccnc2c1)N1CCN(c2ncc(C(F)(F)F)cn2)CC1. The first-order valence-electron chi connectivity index (χ1n) is 18.0. The first-order chi connectivity index (χ1) is 26.8. The number of anilines is 2. The third-order valence-corrected chi connectivity index (χ3v) is 10.2. The van der Waals surface area contributed by atoms with Crippen molar-refractivity contribution < 1.29 is 26.3 Å². The zero-order chi connectivity index (χ0) is 39.5. The Kier molecular flexibility index (Phi) is 11.2. The molecule has 8 rings (SSSR count). The second kappa shape index (κ2) is 16.2. The summed E-state index contributed by atoms with van der Waals surface area (Å²) in [6.45, 7) is 9.98. The molecule has 2 aromatic carbocycles. The molecule has 56 heavy (non-hydrogen) atoms. The predicted octanol–water partition coefficient (Wildman–Crippen LogP) is 6.64. The fraction of sp³-hybridized carbons (Fsp3) is 0.368. The molecule has 0 spiro atoms. The average Bonchev–Trinajstić information content (AvgIpc) is 3.22. The second-order valence-corrected chi connectivity index (χ2v) is 13.5. The Balaban J connectivity index is 0.000000172. The number of hydrogen-bond acceptors (Lipinski definition) is 12. The Labute approximate surface area is 318 Å². The molecule has 6 heterocycles. The van der Waals surface area contributed by atoms with E-state index in [1.807, 2.05) is 21.9 Å². The van der Waals surface area contributed by atoms with Gasteiger partial charge in [0, 0.05) is 114 Å². The maximum atomic E-state index is 12.7. The van der Waals surface area contributed by atoms with E-state index in [0.717, 1.165) is 84.2 Å². The van der Waals surface area contributed by atoms with Gasteiger partial charge in [-0.2, -0.15) is 26.3 Å². The molecule has 2 fully saturated rings. The highest BCUT2D eigenvalue weighted by Crippen LogP contribution is 2.31. The fourth-order valence-corrected chi connectivity index (χ4v) is 6.78. The topological polar surface area (TPSA) is 116 Å². The Morgan fingerprint density at radius 3 is 1.09 bits per heavy atom. The molecular formula is C38H38F6N12. The van der Waals surface area contributed by atoms with Gasteiger partial charge in [0.15, 0.2) is 0 Å². The van der Waals surface area contributed by atoms with Gasteiger partial charge < -0.3 is 9.80 Å². The summed E-state index contributed by atoms with van der Waals surface area (Å²) in [4.78, 5) is 41.4. The summed E-state index contributed by atoms with van der Waals surface area (Å²) in [7, 11) is 0. The molecule has 2 aliphatic heterocycles. The molecule has 12 nitrogen and oxygen atoms in total. The number of hydrogen-bond donors (Lipinski definition) is 0. The lowest BCUT2D eigenvalue weighted by Gasteiger charge is -2.38. The van der Waals surface area contributed by atoms with Crippen LogP contribution in [0.1, 0.15) is 48.2 Å². The van der Waals surface area contributed by atoms with Gasteiger partial charge >= 0.3 is 12.4 Å². The van der Waals surface area contributed by atoms with Crippen molar-refractivity contribution in [3.63, 3.8) is 0 Å². The van der Waals surface area contributed by atoms with Gasteiger partial charge in [-0.3, -0.25) is 29.7 Å². The monoisotopic (exact) mass is 776 g/mol. The Morgan fingerprint density at radius 1 is 0.446 bits per heavy atom. The molecule has 2 atom stereocenters. The fourth-order valence-electron chi connectivity index (χ4n) is 6.78. The number of rotatable bonds is 6. The summed E-state index contributed by atoms with van der Waals surface area (Å²) >= 11 is 0. The van der Waals surface area contributed by atoms with Crippen LogP contribution in [0.2, 0.25) is 0 Å². The number of alkyl halides is 6. The van der Waals surface area contributed by atoms with E-state index in [4.69, 9.17) is 0 Å². The summed E-state index contributed by atoms with van der Waals surface area (Å²) in [5, 5.41) is 0. The van der Waals surface area contributed by atoms with Crippen molar-refractivity contribution in [3.05, 3.63) is 108 Å². The molecule has 0 aliphatic carbocycles. The maximum absolute atomic E-state index is 12.7. The van der Waals surface area contributed by atoms with Crippen LogP contribution in [0.5, 0.6) is 0 Å². The van der Waals surface area contributed by atoms with Crippen LogP contribution in [0.3, 0.4) is 0 Å². The molecule has 6 aromatic rings. The standard InChI is InChI=1S/2C19H19F3N6/c2*1-13(14-2-3-16-17(10-14)24-5-4-23-16)27-6-8-28(9-7-27)18-25-11-15(12-26-18)19(20,21)22/h2*2-5,10-13H,6-9H2,1H3/t2*13-/m10/s1. The van der Waals surface area contributed by atoms with E-state index in [-0.39, 0.29) is 12.1 Å². The molecule has 0 saturated carbocycles. The minimum Gasteiger partial charge on any atom is -0.338 e. The summed E-state index contributed by atoms with van der Waals surface area (Å²) < 4.78 is 75.9. The van der Waals surface area contributed by atoms with Crippen LogP contribution in [0.4, 0.5) is 38.2 Å². The van der Waals surface area contributed by atoms with E-state index in [9.17, 15) is 26.3 Å². The molecule has 0 N–H and O–H groups in total. The molecule has 4 aromatic heterocycles. The number of benzene rings is 2.